The Kier molecular flexibility index (Phi) is 4.13. The molecule has 1 N–H and O–H groups in total. The minimum Gasteiger partial charge on any atom is -0.458 e. The highest BCUT2D eigenvalue weighted by atomic mass is 19.2. The quantitative estimate of drug-likeness (QED) is 0.783. The molecule has 4 aliphatic rings. The lowest BCUT2D eigenvalue weighted by Crippen LogP contribution is -2.54. The van der Waals surface area contributed by atoms with Crippen LogP contribution in [0.1, 0.15) is 6.42 Å². The SMILES string of the molecule is C[N+]1=CC2C=C(Oc3ccc(F)c(F)c3)C=C([C@H]3C[C@@H]3C(=O)N3CC(O)C3)C2=N1. The van der Waals surface area contributed by atoms with Crippen LogP contribution in [0.5, 0.6) is 5.75 Å². The molecule has 1 unspecified atom stereocenters. The van der Waals surface area contributed by atoms with Gasteiger partial charge in [0, 0.05) is 25.1 Å². The number of aliphatic hydroxyl groups is 1. The Balaban J connectivity index is 1.38. The molecule has 0 bridgehead atoms. The zero-order valence-electron chi connectivity index (χ0n) is 15.8. The number of hydrazone groups is 1. The van der Waals surface area contributed by atoms with Gasteiger partial charge in [-0.15, -0.1) is 0 Å². The fourth-order valence-electron chi connectivity index (χ4n) is 4.12. The summed E-state index contributed by atoms with van der Waals surface area (Å²) in [7, 11) is 1.84. The minimum atomic E-state index is -0.970. The molecule has 2 aliphatic heterocycles. The van der Waals surface area contributed by atoms with Crippen LogP contribution in [-0.2, 0) is 4.79 Å². The number of amides is 1. The Labute approximate surface area is 166 Å². The summed E-state index contributed by atoms with van der Waals surface area (Å²) in [5, 5.41) is 14.0. The maximum atomic E-state index is 13.5. The predicted octanol–water partition coefficient (Wildman–Crippen LogP) is 1.71. The lowest BCUT2D eigenvalue weighted by atomic mass is 9.88. The predicted molar refractivity (Wildman–Crippen MR) is 101 cm³/mol. The number of β-amino-alcohol motifs (C(OH)–C–C–N with tert-alkyl or cyclic N) is 1. The zero-order valence-corrected chi connectivity index (χ0v) is 15.8. The average molecular weight is 400 g/mol. The van der Waals surface area contributed by atoms with Crippen LogP contribution in [-0.4, -0.2) is 58.8 Å². The molecule has 2 heterocycles. The Morgan fingerprint density at radius 1 is 1.31 bits per heavy atom. The van der Waals surface area contributed by atoms with Crippen molar-refractivity contribution in [2.24, 2.45) is 22.9 Å². The first-order chi connectivity index (χ1) is 13.9. The van der Waals surface area contributed by atoms with Crippen LogP contribution in [0, 0.1) is 29.4 Å². The molecule has 1 saturated heterocycles. The molecule has 2 aliphatic carbocycles. The average Bonchev–Trinajstić information content (AvgIpc) is 3.35. The molecule has 29 heavy (non-hydrogen) atoms. The van der Waals surface area contributed by atoms with Gasteiger partial charge < -0.3 is 14.7 Å². The maximum Gasteiger partial charge on any atom is 0.226 e. The van der Waals surface area contributed by atoms with Crippen molar-refractivity contribution in [1.29, 1.82) is 0 Å². The normalized spacial score (nSPS) is 28.0. The molecule has 6 nitrogen and oxygen atoms in total. The number of benzene rings is 1. The number of rotatable bonds is 4. The number of carbonyl (C=O) groups is 1. The first-order valence-corrected chi connectivity index (χ1v) is 9.59. The van der Waals surface area contributed by atoms with Gasteiger partial charge in [-0.25, -0.2) is 8.78 Å². The number of nitrogens with zero attached hydrogens (tertiary/aromatic N) is 3. The van der Waals surface area contributed by atoms with E-state index in [9.17, 15) is 18.7 Å². The van der Waals surface area contributed by atoms with Crippen molar-refractivity contribution in [3.8, 4) is 5.75 Å². The number of halogens is 2. The van der Waals surface area contributed by atoms with Gasteiger partial charge in [0.05, 0.1) is 6.10 Å². The van der Waals surface area contributed by atoms with Crippen molar-refractivity contribution in [3.05, 3.63) is 53.3 Å². The van der Waals surface area contributed by atoms with E-state index in [4.69, 9.17) is 4.74 Å². The van der Waals surface area contributed by atoms with Gasteiger partial charge in [0.15, 0.2) is 24.9 Å². The molecule has 2 fully saturated rings. The number of allylic oxidation sites excluding steroid dienone is 3. The van der Waals surface area contributed by atoms with Crippen molar-refractivity contribution in [1.82, 2.24) is 4.90 Å². The van der Waals surface area contributed by atoms with E-state index in [-0.39, 0.29) is 29.4 Å². The third-order valence-corrected chi connectivity index (χ3v) is 5.70. The third kappa shape index (κ3) is 3.27. The van der Waals surface area contributed by atoms with Gasteiger partial charge in [0.2, 0.25) is 5.91 Å². The molecule has 150 valence electrons. The number of fused-ring (bicyclic) bond motifs is 1. The molecule has 1 aromatic carbocycles. The summed E-state index contributed by atoms with van der Waals surface area (Å²) in [5.41, 5.74) is 1.82. The second kappa shape index (κ2) is 6.59. The highest BCUT2D eigenvalue weighted by Crippen LogP contribution is 2.48. The van der Waals surface area contributed by atoms with Crippen LogP contribution in [0.15, 0.2) is 46.8 Å². The van der Waals surface area contributed by atoms with Gasteiger partial charge in [-0.05, 0) is 47.3 Å². The second-order valence-corrected chi connectivity index (χ2v) is 7.93. The Bertz CT molecular complexity index is 1020. The molecule has 1 saturated carbocycles. The summed E-state index contributed by atoms with van der Waals surface area (Å²) < 4.78 is 34.2. The van der Waals surface area contributed by atoms with Crippen molar-refractivity contribution in [2.45, 2.75) is 12.5 Å². The Morgan fingerprint density at radius 2 is 2.10 bits per heavy atom. The molecule has 0 spiro atoms. The maximum absolute atomic E-state index is 13.5. The van der Waals surface area contributed by atoms with E-state index in [1.54, 1.807) is 9.58 Å². The zero-order chi connectivity index (χ0) is 20.3. The second-order valence-electron chi connectivity index (χ2n) is 7.93. The standard InChI is InChI=1S/C21H20F2N3O3/c1-25-8-11-4-14(29-13-2-3-18(22)19(23)6-13)5-16(20(11)24-25)15-7-17(15)21(28)26-9-12(27)10-26/h2-6,8,11-12,15,17,27H,7,9-10H2,1H3/q+1/t11?,15-,17+/m1/s1. The van der Waals surface area contributed by atoms with Crippen LogP contribution in [0.3, 0.4) is 0 Å². The highest BCUT2D eigenvalue weighted by Gasteiger charge is 2.52. The molecule has 1 aromatic rings. The molecule has 0 aromatic heterocycles. The van der Waals surface area contributed by atoms with Crippen molar-refractivity contribution < 1.29 is 28.1 Å². The van der Waals surface area contributed by atoms with Crippen molar-refractivity contribution in [3.63, 3.8) is 0 Å². The Hall–Kier alpha value is -2.87. The molecule has 1 amide bonds. The van der Waals surface area contributed by atoms with Crippen LogP contribution < -0.4 is 4.74 Å². The molecule has 0 radical (unpaired) electrons. The lowest BCUT2D eigenvalue weighted by molar-refractivity contribution is -0.495. The van der Waals surface area contributed by atoms with Gasteiger partial charge in [-0.2, -0.15) is 0 Å². The van der Waals surface area contributed by atoms with E-state index in [1.807, 2.05) is 25.4 Å². The summed E-state index contributed by atoms with van der Waals surface area (Å²) >= 11 is 0. The number of hydrogen-bond donors (Lipinski definition) is 1. The summed E-state index contributed by atoms with van der Waals surface area (Å²) in [6.07, 6.45) is 5.95. The summed E-state index contributed by atoms with van der Waals surface area (Å²) in [6, 6.07) is 3.41. The van der Waals surface area contributed by atoms with Crippen LogP contribution >= 0.6 is 0 Å². The van der Waals surface area contributed by atoms with Crippen molar-refractivity contribution in [2.75, 3.05) is 20.1 Å². The van der Waals surface area contributed by atoms with Gasteiger partial charge in [-0.1, -0.05) is 4.68 Å². The molecular formula is C21H20F2N3O3+. The minimum absolute atomic E-state index is 0.0404. The van der Waals surface area contributed by atoms with E-state index in [0.717, 1.165) is 29.8 Å². The van der Waals surface area contributed by atoms with Crippen molar-refractivity contribution >= 4 is 17.8 Å². The van der Waals surface area contributed by atoms with E-state index < -0.39 is 17.7 Å². The van der Waals surface area contributed by atoms with E-state index in [1.165, 1.54) is 6.07 Å². The number of carbonyl (C=O) groups excluding carboxylic acids is 1. The van der Waals surface area contributed by atoms with Crippen LogP contribution in [0.25, 0.3) is 0 Å². The topological polar surface area (TPSA) is 65.1 Å². The molecular weight excluding hydrogens is 380 g/mol. The van der Waals surface area contributed by atoms with Gasteiger partial charge in [0.25, 0.3) is 0 Å². The summed E-state index contributed by atoms with van der Waals surface area (Å²) in [5.74, 6) is -1.29. The first-order valence-electron chi connectivity index (χ1n) is 9.59. The molecule has 5 rings (SSSR count). The highest BCUT2D eigenvalue weighted by molar-refractivity contribution is 6.13. The monoisotopic (exact) mass is 400 g/mol. The third-order valence-electron chi connectivity index (χ3n) is 5.70. The van der Waals surface area contributed by atoms with Crippen LogP contribution in [0.4, 0.5) is 8.78 Å². The Morgan fingerprint density at radius 3 is 2.83 bits per heavy atom. The first kappa shape index (κ1) is 18.2. The molecule has 8 heteroatoms. The van der Waals surface area contributed by atoms with Crippen LogP contribution in [0.2, 0.25) is 0 Å². The van der Waals surface area contributed by atoms with Gasteiger partial charge in [-0.3, -0.25) is 4.79 Å². The largest absolute Gasteiger partial charge is 0.458 e. The van der Waals surface area contributed by atoms with Gasteiger partial charge in [0.1, 0.15) is 23.1 Å². The van der Waals surface area contributed by atoms with E-state index in [2.05, 4.69) is 5.10 Å². The number of ether oxygens (including phenoxy) is 1. The summed E-state index contributed by atoms with van der Waals surface area (Å²) in [6.45, 7) is 0.789. The fraction of sp³-hybridized carbons (Fsp3) is 0.381. The molecule has 3 atom stereocenters. The fourth-order valence-corrected chi connectivity index (χ4v) is 4.12. The van der Waals surface area contributed by atoms with E-state index >= 15 is 0 Å². The number of aliphatic hydroxyl groups excluding tert-OH is 1. The summed E-state index contributed by atoms with van der Waals surface area (Å²) in [4.78, 5) is 14.3. The lowest BCUT2D eigenvalue weighted by Gasteiger charge is -2.36. The number of hydrogen-bond acceptors (Lipinski definition) is 4. The number of likely N-dealkylation sites (tertiary alicyclic amines) is 1. The smallest absolute Gasteiger partial charge is 0.226 e. The van der Waals surface area contributed by atoms with Gasteiger partial charge >= 0.3 is 0 Å². The van der Waals surface area contributed by atoms with E-state index in [0.29, 0.717) is 18.8 Å².